The van der Waals surface area contributed by atoms with Crippen LogP contribution in [0.1, 0.15) is 11.1 Å². The average Bonchev–Trinajstić information content (AvgIpc) is 2.85. The SMILES string of the molecule is Cc1cccc(C)c1Nc1ccn2ccnc2c1N. The molecule has 3 aromatic rings. The number of imidazole rings is 1. The standard InChI is InChI=1S/C15H16N4/c1-10-4-3-5-11(2)14(10)18-12-6-8-19-9-7-17-15(19)13(12)16/h3-9,18H,16H2,1-2H3. The van der Waals surface area contributed by atoms with Crippen LogP contribution >= 0.6 is 0 Å². The minimum Gasteiger partial charge on any atom is -0.394 e. The molecule has 0 unspecified atom stereocenters. The van der Waals surface area contributed by atoms with E-state index in [1.165, 1.54) is 11.1 Å². The van der Waals surface area contributed by atoms with E-state index >= 15 is 0 Å². The second-order valence-electron chi connectivity index (χ2n) is 4.69. The quantitative estimate of drug-likeness (QED) is 0.736. The number of anilines is 3. The highest BCUT2D eigenvalue weighted by Crippen LogP contribution is 2.29. The highest BCUT2D eigenvalue weighted by Gasteiger charge is 2.08. The van der Waals surface area contributed by atoms with Crippen molar-refractivity contribution < 1.29 is 0 Å². The summed E-state index contributed by atoms with van der Waals surface area (Å²) in [5, 5.41) is 3.41. The number of rotatable bonds is 2. The number of nitrogens with two attached hydrogens (primary N) is 1. The Hall–Kier alpha value is -2.49. The molecule has 3 rings (SSSR count). The summed E-state index contributed by atoms with van der Waals surface area (Å²) < 4.78 is 1.91. The zero-order valence-corrected chi connectivity index (χ0v) is 11.0. The molecule has 1 aromatic carbocycles. The van der Waals surface area contributed by atoms with Crippen molar-refractivity contribution in [2.45, 2.75) is 13.8 Å². The minimum absolute atomic E-state index is 0.662. The molecule has 19 heavy (non-hydrogen) atoms. The van der Waals surface area contributed by atoms with Gasteiger partial charge in [-0.3, -0.25) is 0 Å². The topological polar surface area (TPSA) is 55.3 Å². The predicted molar refractivity (Wildman–Crippen MR) is 78.8 cm³/mol. The van der Waals surface area contributed by atoms with Crippen molar-refractivity contribution in [1.82, 2.24) is 9.38 Å². The Morgan fingerprint density at radius 1 is 1.11 bits per heavy atom. The van der Waals surface area contributed by atoms with Crippen molar-refractivity contribution in [2.24, 2.45) is 0 Å². The molecule has 0 aliphatic heterocycles. The van der Waals surface area contributed by atoms with Crippen LogP contribution in [0.25, 0.3) is 5.65 Å². The van der Waals surface area contributed by atoms with E-state index in [-0.39, 0.29) is 0 Å². The summed E-state index contributed by atoms with van der Waals surface area (Å²) in [5.74, 6) is 0. The van der Waals surface area contributed by atoms with Gasteiger partial charge in [0.25, 0.3) is 0 Å². The van der Waals surface area contributed by atoms with Crippen LogP contribution in [0.15, 0.2) is 42.9 Å². The Kier molecular flexibility index (Phi) is 2.63. The van der Waals surface area contributed by atoms with Gasteiger partial charge < -0.3 is 15.5 Å². The van der Waals surface area contributed by atoms with Crippen molar-refractivity contribution in [1.29, 1.82) is 0 Å². The largest absolute Gasteiger partial charge is 0.394 e. The number of hydrogen-bond acceptors (Lipinski definition) is 3. The lowest BCUT2D eigenvalue weighted by atomic mass is 10.1. The Bertz CT molecular complexity index is 723. The molecule has 0 aliphatic carbocycles. The third kappa shape index (κ3) is 1.91. The van der Waals surface area contributed by atoms with Crippen LogP contribution < -0.4 is 11.1 Å². The number of benzene rings is 1. The van der Waals surface area contributed by atoms with Gasteiger partial charge in [0.2, 0.25) is 0 Å². The van der Waals surface area contributed by atoms with Crippen molar-refractivity contribution in [2.75, 3.05) is 11.1 Å². The number of aryl methyl sites for hydroxylation is 2. The molecule has 4 nitrogen and oxygen atoms in total. The van der Waals surface area contributed by atoms with Gasteiger partial charge in [-0.25, -0.2) is 4.98 Å². The van der Waals surface area contributed by atoms with Crippen LogP contribution in [-0.2, 0) is 0 Å². The monoisotopic (exact) mass is 252 g/mol. The third-order valence-corrected chi connectivity index (χ3v) is 3.34. The molecule has 0 spiro atoms. The summed E-state index contributed by atoms with van der Waals surface area (Å²) in [6.07, 6.45) is 5.58. The maximum atomic E-state index is 6.17. The number of fused-ring (bicyclic) bond motifs is 1. The van der Waals surface area contributed by atoms with E-state index in [0.717, 1.165) is 17.0 Å². The van der Waals surface area contributed by atoms with Gasteiger partial charge in [-0.2, -0.15) is 0 Å². The molecule has 0 fully saturated rings. The molecule has 0 atom stereocenters. The Morgan fingerprint density at radius 3 is 2.58 bits per heavy atom. The first-order valence-corrected chi connectivity index (χ1v) is 6.21. The van der Waals surface area contributed by atoms with E-state index in [1.54, 1.807) is 6.20 Å². The van der Waals surface area contributed by atoms with Crippen molar-refractivity contribution >= 4 is 22.7 Å². The Labute approximate surface area is 111 Å². The summed E-state index contributed by atoms with van der Waals surface area (Å²) in [7, 11) is 0. The average molecular weight is 252 g/mol. The summed E-state index contributed by atoms with van der Waals surface area (Å²) in [5.41, 5.74) is 12.0. The van der Waals surface area contributed by atoms with Crippen LogP contribution in [0.2, 0.25) is 0 Å². The molecule has 0 amide bonds. The van der Waals surface area contributed by atoms with E-state index in [0.29, 0.717) is 5.69 Å². The lowest BCUT2D eigenvalue weighted by Crippen LogP contribution is -2.02. The molecule has 0 aliphatic rings. The molecule has 3 N–H and O–H groups in total. The highest BCUT2D eigenvalue weighted by atomic mass is 15.0. The fraction of sp³-hybridized carbons (Fsp3) is 0.133. The molecule has 0 bridgehead atoms. The fourth-order valence-electron chi connectivity index (χ4n) is 2.26. The molecular formula is C15H16N4. The molecule has 2 aromatic heterocycles. The maximum absolute atomic E-state index is 6.17. The highest BCUT2D eigenvalue weighted by molar-refractivity contribution is 5.83. The second kappa shape index (κ2) is 4.31. The molecule has 4 heteroatoms. The van der Waals surface area contributed by atoms with Gasteiger partial charge >= 0.3 is 0 Å². The molecule has 0 saturated heterocycles. The number of nitrogens with one attached hydrogen (secondary N) is 1. The summed E-state index contributed by atoms with van der Waals surface area (Å²) in [4.78, 5) is 4.26. The van der Waals surface area contributed by atoms with Crippen LogP contribution in [-0.4, -0.2) is 9.38 Å². The van der Waals surface area contributed by atoms with Gasteiger partial charge in [-0.05, 0) is 31.0 Å². The minimum atomic E-state index is 0.662. The third-order valence-electron chi connectivity index (χ3n) is 3.34. The first-order valence-electron chi connectivity index (χ1n) is 6.21. The lowest BCUT2D eigenvalue weighted by Gasteiger charge is -2.14. The first-order chi connectivity index (χ1) is 9.16. The number of hydrogen-bond donors (Lipinski definition) is 2. The van der Waals surface area contributed by atoms with Gasteiger partial charge in [0.05, 0.1) is 11.4 Å². The van der Waals surface area contributed by atoms with Gasteiger partial charge in [0.1, 0.15) is 0 Å². The summed E-state index contributed by atoms with van der Waals surface area (Å²) in [6.45, 7) is 4.17. The summed E-state index contributed by atoms with van der Waals surface area (Å²) in [6, 6.07) is 8.19. The van der Waals surface area contributed by atoms with E-state index in [2.05, 4.69) is 42.3 Å². The Balaban J connectivity index is 2.08. The van der Waals surface area contributed by atoms with Gasteiger partial charge in [-0.1, -0.05) is 18.2 Å². The normalized spacial score (nSPS) is 10.8. The van der Waals surface area contributed by atoms with Crippen LogP contribution in [0.4, 0.5) is 17.1 Å². The maximum Gasteiger partial charge on any atom is 0.162 e. The smallest absolute Gasteiger partial charge is 0.162 e. The van der Waals surface area contributed by atoms with E-state index < -0.39 is 0 Å². The number of nitrogen functional groups attached to an aromatic ring is 1. The second-order valence-corrected chi connectivity index (χ2v) is 4.69. The summed E-state index contributed by atoms with van der Waals surface area (Å²) >= 11 is 0. The van der Waals surface area contributed by atoms with E-state index in [1.807, 2.05) is 22.9 Å². The number of pyridine rings is 1. The van der Waals surface area contributed by atoms with Crippen LogP contribution in [0.3, 0.4) is 0 Å². The lowest BCUT2D eigenvalue weighted by molar-refractivity contribution is 1.19. The number of para-hydroxylation sites is 1. The molecule has 0 saturated carbocycles. The molecular weight excluding hydrogens is 236 g/mol. The van der Waals surface area contributed by atoms with Gasteiger partial charge in [-0.15, -0.1) is 0 Å². The first kappa shape index (κ1) is 11.6. The zero-order chi connectivity index (χ0) is 13.4. The predicted octanol–water partition coefficient (Wildman–Crippen LogP) is 3.28. The zero-order valence-electron chi connectivity index (χ0n) is 11.0. The van der Waals surface area contributed by atoms with Crippen LogP contribution in [0, 0.1) is 13.8 Å². The van der Waals surface area contributed by atoms with Crippen molar-refractivity contribution in [3.05, 3.63) is 54.0 Å². The van der Waals surface area contributed by atoms with Gasteiger partial charge in [0.15, 0.2) is 5.65 Å². The molecule has 0 radical (unpaired) electrons. The van der Waals surface area contributed by atoms with Crippen molar-refractivity contribution in [3.8, 4) is 0 Å². The van der Waals surface area contributed by atoms with E-state index in [9.17, 15) is 0 Å². The number of nitrogens with zero attached hydrogens (tertiary/aromatic N) is 2. The van der Waals surface area contributed by atoms with Crippen LogP contribution in [0.5, 0.6) is 0 Å². The van der Waals surface area contributed by atoms with Crippen molar-refractivity contribution in [3.63, 3.8) is 0 Å². The fourth-order valence-corrected chi connectivity index (χ4v) is 2.26. The number of aromatic nitrogens is 2. The Morgan fingerprint density at radius 2 is 1.84 bits per heavy atom. The van der Waals surface area contributed by atoms with E-state index in [4.69, 9.17) is 5.73 Å². The molecule has 96 valence electrons. The van der Waals surface area contributed by atoms with Gasteiger partial charge in [0, 0.05) is 24.3 Å². The molecule has 2 heterocycles.